The van der Waals surface area contributed by atoms with Gasteiger partial charge in [0.1, 0.15) is 4.90 Å². The molecule has 2 N–H and O–H groups in total. The molecule has 0 aromatic heterocycles. The van der Waals surface area contributed by atoms with E-state index >= 15 is 0 Å². The Bertz CT molecular complexity index is 564. The van der Waals surface area contributed by atoms with Gasteiger partial charge in [-0.05, 0) is 30.5 Å². The number of halogens is 1. The molecule has 1 aromatic rings. The van der Waals surface area contributed by atoms with Gasteiger partial charge in [-0.1, -0.05) is 32.4 Å². The number of hydrogen-bond donors (Lipinski definition) is 1. The van der Waals surface area contributed by atoms with E-state index < -0.39 is 10.0 Å². The lowest BCUT2D eigenvalue weighted by Gasteiger charge is -2.34. The van der Waals surface area contributed by atoms with Crippen molar-refractivity contribution in [3.8, 4) is 0 Å². The first-order valence-electron chi connectivity index (χ1n) is 6.01. The Morgan fingerprint density at radius 2 is 1.84 bits per heavy atom. The summed E-state index contributed by atoms with van der Waals surface area (Å²) < 4.78 is 26.5. The predicted molar refractivity (Wildman–Crippen MR) is 79.7 cm³/mol. The van der Waals surface area contributed by atoms with Gasteiger partial charge in [-0.3, -0.25) is 0 Å². The van der Waals surface area contributed by atoms with E-state index in [4.69, 9.17) is 17.3 Å². The quantitative estimate of drug-likeness (QED) is 0.873. The van der Waals surface area contributed by atoms with Gasteiger partial charge >= 0.3 is 0 Å². The number of nitrogens with zero attached hydrogens (tertiary/aromatic N) is 1. The van der Waals surface area contributed by atoms with Gasteiger partial charge in [0.2, 0.25) is 10.0 Å². The van der Waals surface area contributed by atoms with E-state index in [0.717, 1.165) is 0 Å². The third-order valence-corrected chi connectivity index (χ3v) is 5.82. The number of nitrogen functional groups attached to an aromatic ring is 1. The summed E-state index contributed by atoms with van der Waals surface area (Å²) in [6, 6.07) is 4.27. The summed E-state index contributed by atoms with van der Waals surface area (Å²) in [4.78, 5) is 0.0852. The molecule has 0 radical (unpaired) electrons. The molecular formula is C13H21ClN2O2S. The fourth-order valence-electron chi connectivity index (χ4n) is 1.63. The lowest BCUT2D eigenvalue weighted by atomic mass is 9.88. The third-order valence-electron chi connectivity index (χ3n) is 3.41. The number of anilines is 1. The smallest absolute Gasteiger partial charge is 0.244 e. The second-order valence-corrected chi connectivity index (χ2v) is 8.13. The highest BCUT2D eigenvalue weighted by molar-refractivity contribution is 7.89. The minimum absolute atomic E-state index is 0.0852. The first-order chi connectivity index (χ1) is 8.48. The summed E-state index contributed by atoms with van der Waals surface area (Å²) in [5.74, 6) is 0. The molecule has 19 heavy (non-hydrogen) atoms. The molecule has 0 amide bonds. The Kier molecular flexibility index (Phi) is 4.55. The number of sulfonamides is 1. The van der Waals surface area contributed by atoms with E-state index in [0.29, 0.717) is 5.69 Å². The molecule has 1 aromatic carbocycles. The SMILES string of the molecule is CC(N(C)S(=O)(=O)c1ccc(N)cc1Cl)C(C)(C)C. The Hall–Kier alpha value is -0.780. The summed E-state index contributed by atoms with van der Waals surface area (Å²) in [5, 5.41) is 0.146. The maximum Gasteiger partial charge on any atom is 0.244 e. The van der Waals surface area contributed by atoms with Gasteiger partial charge in [0.15, 0.2) is 0 Å². The standard InChI is InChI=1S/C13H21ClN2O2S/c1-9(13(2,3)4)16(5)19(17,18)12-7-6-10(15)8-11(12)14/h6-9H,15H2,1-5H3. The summed E-state index contributed by atoms with van der Waals surface area (Å²) >= 11 is 5.99. The van der Waals surface area contributed by atoms with E-state index in [9.17, 15) is 8.42 Å². The molecule has 6 heteroatoms. The van der Waals surface area contributed by atoms with E-state index in [2.05, 4.69) is 0 Å². The van der Waals surface area contributed by atoms with Crippen molar-refractivity contribution in [3.63, 3.8) is 0 Å². The highest BCUT2D eigenvalue weighted by atomic mass is 35.5. The van der Waals surface area contributed by atoms with Gasteiger partial charge in [0.05, 0.1) is 5.02 Å². The Morgan fingerprint density at radius 3 is 2.26 bits per heavy atom. The molecule has 0 aliphatic rings. The number of rotatable bonds is 3. The molecule has 0 fully saturated rings. The van der Waals surface area contributed by atoms with Gasteiger partial charge in [-0.2, -0.15) is 4.31 Å². The number of nitrogens with two attached hydrogens (primary N) is 1. The molecule has 0 saturated carbocycles. The molecule has 0 saturated heterocycles. The zero-order chi connectivity index (χ0) is 15.0. The summed E-state index contributed by atoms with van der Waals surface area (Å²) in [7, 11) is -2.06. The van der Waals surface area contributed by atoms with Crippen LogP contribution in [-0.2, 0) is 10.0 Å². The molecule has 1 atom stereocenters. The maximum absolute atomic E-state index is 12.6. The predicted octanol–water partition coefficient (Wildman–Crippen LogP) is 2.98. The van der Waals surface area contributed by atoms with Crippen molar-refractivity contribution in [1.82, 2.24) is 4.31 Å². The van der Waals surface area contributed by atoms with Crippen LogP contribution in [0.4, 0.5) is 5.69 Å². The third kappa shape index (κ3) is 3.41. The van der Waals surface area contributed by atoms with Crippen molar-refractivity contribution in [2.45, 2.75) is 38.6 Å². The summed E-state index contributed by atoms with van der Waals surface area (Å²) in [5.41, 5.74) is 5.86. The molecule has 0 bridgehead atoms. The lowest BCUT2D eigenvalue weighted by Crippen LogP contribution is -2.42. The van der Waals surface area contributed by atoms with E-state index in [1.807, 2.05) is 27.7 Å². The van der Waals surface area contributed by atoms with Crippen LogP contribution in [-0.4, -0.2) is 25.8 Å². The van der Waals surface area contributed by atoms with Crippen molar-refractivity contribution in [1.29, 1.82) is 0 Å². The molecule has 1 unspecified atom stereocenters. The van der Waals surface area contributed by atoms with Crippen molar-refractivity contribution in [2.24, 2.45) is 5.41 Å². The van der Waals surface area contributed by atoms with E-state index in [1.54, 1.807) is 7.05 Å². The van der Waals surface area contributed by atoms with Crippen molar-refractivity contribution in [3.05, 3.63) is 23.2 Å². The second kappa shape index (κ2) is 5.31. The highest BCUT2D eigenvalue weighted by Crippen LogP contribution is 2.31. The van der Waals surface area contributed by atoms with Gasteiger partial charge in [-0.25, -0.2) is 8.42 Å². The van der Waals surface area contributed by atoms with Crippen LogP contribution in [0.1, 0.15) is 27.7 Å². The average molecular weight is 305 g/mol. The average Bonchev–Trinajstić information content (AvgIpc) is 2.25. The molecule has 4 nitrogen and oxygen atoms in total. The second-order valence-electron chi connectivity index (χ2n) is 5.75. The minimum Gasteiger partial charge on any atom is -0.399 e. The van der Waals surface area contributed by atoms with Crippen LogP contribution >= 0.6 is 11.6 Å². The molecule has 0 heterocycles. The zero-order valence-electron chi connectivity index (χ0n) is 11.9. The molecular weight excluding hydrogens is 284 g/mol. The maximum atomic E-state index is 12.6. The Balaban J connectivity index is 3.24. The van der Waals surface area contributed by atoms with Gasteiger partial charge < -0.3 is 5.73 Å². The first kappa shape index (κ1) is 16.3. The van der Waals surface area contributed by atoms with Crippen molar-refractivity contribution >= 4 is 27.3 Å². The van der Waals surface area contributed by atoms with E-state index in [-0.39, 0.29) is 21.4 Å². The van der Waals surface area contributed by atoms with Crippen LogP contribution in [0.25, 0.3) is 0 Å². The van der Waals surface area contributed by atoms with E-state index in [1.165, 1.54) is 22.5 Å². The fourth-order valence-corrected chi connectivity index (χ4v) is 3.70. The van der Waals surface area contributed by atoms with Crippen LogP contribution in [0, 0.1) is 5.41 Å². The normalized spacial score (nSPS) is 14.7. The number of benzene rings is 1. The van der Waals surface area contributed by atoms with Crippen molar-refractivity contribution < 1.29 is 8.42 Å². The molecule has 0 aliphatic carbocycles. The Labute approximate surface area is 120 Å². The molecule has 108 valence electrons. The zero-order valence-corrected chi connectivity index (χ0v) is 13.5. The Morgan fingerprint density at radius 1 is 1.32 bits per heavy atom. The van der Waals surface area contributed by atoms with Gasteiger partial charge in [0.25, 0.3) is 0 Å². The largest absolute Gasteiger partial charge is 0.399 e. The van der Waals surface area contributed by atoms with Gasteiger partial charge in [-0.15, -0.1) is 0 Å². The van der Waals surface area contributed by atoms with Crippen LogP contribution in [0.5, 0.6) is 0 Å². The summed E-state index contributed by atoms with van der Waals surface area (Å²) in [6.45, 7) is 7.86. The fraction of sp³-hybridized carbons (Fsp3) is 0.538. The van der Waals surface area contributed by atoms with Gasteiger partial charge in [0, 0.05) is 18.8 Å². The first-order valence-corrected chi connectivity index (χ1v) is 7.83. The highest BCUT2D eigenvalue weighted by Gasteiger charge is 2.33. The summed E-state index contributed by atoms with van der Waals surface area (Å²) in [6.07, 6.45) is 0. The minimum atomic E-state index is -3.62. The van der Waals surface area contributed by atoms with Crippen LogP contribution in [0.15, 0.2) is 23.1 Å². The molecule has 0 spiro atoms. The van der Waals surface area contributed by atoms with Crippen LogP contribution in [0.2, 0.25) is 5.02 Å². The molecule has 0 aliphatic heterocycles. The lowest BCUT2D eigenvalue weighted by molar-refractivity contribution is 0.216. The van der Waals surface area contributed by atoms with Crippen molar-refractivity contribution in [2.75, 3.05) is 12.8 Å². The van der Waals surface area contributed by atoms with Crippen LogP contribution < -0.4 is 5.73 Å². The molecule has 1 rings (SSSR count). The topological polar surface area (TPSA) is 63.4 Å². The van der Waals surface area contributed by atoms with Crippen LogP contribution in [0.3, 0.4) is 0 Å². The monoisotopic (exact) mass is 304 g/mol. The number of hydrogen-bond acceptors (Lipinski definition) is 3.